The summed E-state index contributed by atoms with van der Waals surface area (Å²) >= 11 is 0. The molecule has 0 bridgehead atoms. The van der Waals surface area contributed by atoms with Crippen LogP contribution < -0.4 is 10.1 Å². The molecule has 0 saturated heterocycles. The van der Waals surface area contributed by atoms with Gasteiger partial charge in [-0.2, -0.15) is 13.2 Å². The number of anilines is 1. The maximum Gasteiger partial charge on any atom is 0.390 e. The molecule has 0 atom stereocenters. The van der Waals surface area contributed by atoms with Crippen LogP contribution in [0.3, 0.4) is 0 Å². The van der Waals surface area contributed by atoms with Crippen molar-refractivity contribution < 1.29 is 22.8 Å². The molecule has 1 aromatic rings. The van der Waals surface area contributed by atoms with Crippen molar-refractivity contribution in [1.29, 1.82) is 0 Å². The average Bonchev–Trinajstić information content (AvgIpc) is 2.26. The number of nitro benzene ring substituents is 1. The van der Waals surface area contributed by atoms with Crippen molar-refractivity contribution in [3.05, 3.63) is 28.3 Å². The molecule has 0 heterocycles. The first-order valence-corrected chi connectivity index (χ1v) is 4.96. The number of nitrogens with zero attached hydrogens (tertiary/aromatic N) is 1. The van der Waals surface area contributed by atoms with E-state index in [1.807, 2.05) is 0 Å². The van der Waals surface area contributed by atoms with E-state index in [0.717, 1.165) is 6.07 Å². The number of nitrogens with one attached hydrogen (secondary N) is 1. The van der Waals surface area contributed by atoms with Crippen molar-refractivity contribution in [2.75, 3.05) is 19.0 Å². The van der Waals surface area contributed by atoms with Gasteiger partial charge in [0.1, 0.15) is 5.75 Å². The van der Waals surface area contributed by atoms with Gasteiger partial charge < -0.3 is 10.1 Å². The molecule has 0 fully saturated rings. The Morgan fingerprint density at radius 1 is 1.39 bits per heavy atom. The molecule has 18 heavy (non-hydrogen) atoms. The van der Waals surface area contributed by atoms with Crippen molar-refractivity contribution in [2.45, 2.75) is 12.6 Å². The quantitative estimate of drug-likeness (QED) is 0.656. The lowest BCUT2D eigenvalue weighted by atomic mass is 10.2. The average molecular weight is 264 g/mol. The zero-order chi connectivity index (χ0) is 13.8. The first kappa shape index (κ1) is 14.1. The largest absolute Gasteiger partial charge is 0.496 e. The summed E-state index contributed by atoms with van der Waals surface area (Å²) in [6, 6.07) is 3.73. The Labute approximate surface area is 101 Å². The maximum atomic E-state index is 11.9. The topological polar surface area (TPSA) is 64.4 Å². The van der Waals surface area contributed by atoms with Crippen LogP contribution in [0.15, 0.2) is 18.2 Å². The molecule has 1 N–H and O–H groups in total. The summed E-state index contributed by atoms with van der Waals surface area (Å²) in [5.74, 6) is 0.207. The molecule has 0 unspecified atom stereocenters. The second-order valence-electron chi connectivity index (χ2n) is 3.47. The van der Waals surface area contributed by atoms with E-state index in [9.17, 15) is 23.3 Å². The molecule has 0 spiro atoms. The minimum absolute atomic E-state index is 0.207. The fourth-order valence-corrected chi connectivity index (χ4v) is 1.26. The highest BCUT2D eigenvalue weighted by Crippen LogP contribution is 2.26. The van der Waals surface area contributed by atoms with Gasteiger partial charge in [-0.1, -0.05) is 0 Å². The lowest BCUT2D eigenvalue weighted by Gasteiger charge is -2.10. The van der Waals surface area contributed by atoms with Crippen LogP contribution in [-0.2, 0) is 0 Å². The van der Waals surface area contributed by atoms with Crippen molar-refractivity contribution in [3.63, 3.8) is 0 Å². The maximum absolute atomic E-state index is 11.9. The fourth-order valence-electron chi connectivity index (χ4n) is 1.26. The third-order valence-electron chi connectivity index (χ3n) is 2.08. The van der Waals surface area contributed by atoms with E-state index in [1.165, 1.54) is 19.2 Å². The van der Waals surface area contributed by atoms with E-state index in [0.29, 0.717) is 0 Å². The lowest BCUT2D eigenvalue weighted by molar-refractivity contribution is -0.384. The minimum Gasteiger partial charge on any atom is -0.496 e. The van der Waals surface area contributed by atoms with Crippen LogP contribution >= 0.6 is 0 Å². The number of non-ortho nitro benzene ring substituents is 1. The SMILES string of the molecule is COc1cc(NCCC(F)(F)F)cc([N+](=O)[O-])c1. The van der Waals surface area contributed by atoms with Crippen molar-refractivity contribution in [2.24, 2.45) is 0 Å². The molecule has 100 valence electrons. The Hall–Kier alpha value is -1.99. The Balaban J connectivity index is 2.76. The van der Waals surface area contributed by atoms with Crippen LogP contribution in [0.5, 0.6) is 5.75 Å². The highest BCUT2D eigenvalue weighted by molar-refractivity contribution is 5.56. The highest BCUT2D eigenvalue weighted by atomic mass is 19.4. The van der Waals surface area contributed by atoms with Gasteiger partial charge in [0.05, 0.1) is 24.5 Å². The van der Waals surface area contributed by atoms with Crippen LogP contribution in [0.1, 0.15) is 6.42 Å². The van der Waals surface area contributed by atoms with Crippen molar-refractivity contribution in [3.8, 4) is 5.75 Å². The molecule has 1 rings (SSSR count). The number of rotatable bonds is 5. The zero-order valence-corrected chi connectivity index (χ0v) is 9.45. The van der Waals surface area contributed by atoms with Gasteiger partial charge in [0, 0.05) is 24.4 Å². The van der Waals surface area contributed by atoms with Crippen LogP contribution in [0.2, 0.25) is 0 Å². The van der Waals surface area contributed by atoms with E-state index in [4.69, 9.17) is 4.74 Å². The van der Waals surface area contributed by atoms with Crippen molar-refractivity contribution >= 4 is 11.4 Å². The molecule has 1 aromatic carbocycles. The molecule has 0 aliphatic carbocycles. The van der Waals surface area contributed by atoms with E-state index >= 15 is 0 Å². The molecule has 0 aliphatic rings. The van der Waals surface area contributed by atoms with Gasteiger partial charge in [0.2, 0.25) is 0 Å². The van der Waals surface area contributed by atoms with Crippen LogP contribution in [0.4, 0.5) is 24.5 Å². The molecule has 0 saturated carbocycles. The molecule has 8 heteroatoms. The molecule has 5 nitrogen and oxygen atoms in total. The fraction of sp³-hybridized carbons (Fsp3) is 0.400. The predicted molar refractivity (Wildman–Crippen MR) is 58.8 cm³/mol. The van der Waals surface area contributed by atoms with E-state index in [-0.39, 0.29) is 23.7 Å². The Morgan fingerprint density at radius 3 is 2.56 bits per heavy atom. The number of ether oxygens (including phenoxy) is 1. The smallest absolute Gasteiger partial charge is 0.390 e. The van der Waals surface area contributed by atoms with Crippen molar-refractivity contribution in [1.82, 2.24) is 0 Å². The third kappa shape index (κ3) is 4.48. The van der Waals surface area contributed by atoms with E-state index in [1.54, 1.807) is 0 Å². The number of hydrogen-bond donors (Lipinski definition) is 1. The van der Waals surface area contributed by atoms with Gasteiger partial charge >= 0.3 is 6.18 Å². The number of benzene rings is 1. The number of nitro groups is 1. The first-order valence-electron chi connectivity index (χ1n) is 4.96. The third-order valence-corrected chi connectivity index (χ3v) is 2.08. The molecular formula is C10H11F3N2O3. The monoisotopic (exact) mass is 264 g/mol. The minimum atomic E-state index is -4.27. The van der Waals surface area contributed by atoms with E-state index < -0.39 is 17.5 Å². The lowest BCUT2D eigenvalue weighted by Crippen LogP contribution is -2.14. The molecule has 0 aliphatic heterocycles. The van der Waals surface area contributed by atoms with Gasteiger partial charge in [-0.15, -0.1) is 0 Å². The summed E-state index contributed by atoms with van der Waals surface area (Å²) in [7, 11) is 1.32. The Kier molecular flexibility index (Phi) is 4.35. The number of hydrogen-bond acceptors (Lipinski definition) is 4. The normalized spacial score (nSPS) is 11.1. The molecule has 0 amide bonds. The zero-order valence-electron chi connectivity index (χ0n) is 9.45. The summed E-state index contributed by atoms with van der Waals surface area (Å²) in [5, 5.41) is 13.1. The van der Waals surface area contributed by atoms with Gasteiger partial charge in [-0.3, -0.25) is 10.1 Å². The molecular weight excluding hydrogens is 253 g/mol. The van der Waals surface area contributed by atoms with Gasteiger partial charge in [-0.25, -0.2) is 0 Å². The van der Waals surface area contributed by atoms with Crippen LogP contribution in [0, 0.1) is 10.1 Å². The van der Waals surface area contributed by atoms with Gasteiger partial charge in [0.25, 0.3) is 5.69 Å². The summed E-state index contributed by atoms with van der Waals surface area (Å²) < 4.78 is 40.6. The van der Waals surface area contributed by atoms with Gasteiger partial charge in [-0.05, 0) is 0 Å². The first-order chi connectivity index (χ1) is 8.31. The second kappa shape index (κ2) is 5.56. The Morgan fingerprint density at radius 2 is 2.06 bits per heavy atom. The number of halogens is 3. The summed E-state index contributed by atoms with van der Waals surface area (Å²) in [6.45, 7) is -0.353. The summed E-state index contributed by atoms with van der Waals surface area (Å²) in [5.41, 5.74) is -0.0332. The molecule has 0 aromatic heterocycles. The Bertz CT molecular complexity index is 435. The highest BCUT2D eigenvalue weighted by Gasteiger charge is 2.26. The summed E-state index contributed by atoms with van der Waals surface area (Å²) in [6.07, 6.45) is -5.28. The van der Waals surface area contributed by atoms with E-state index in [2.05, 4.69) is 5.32 Å². The summed E-state index contributed by atoms with van der Waals surface area (Å²) in [4.78, 5) is 9.96. The molecule has 0 radical (unpaired) electrons. The van der Waals surface area contributed by atoms with Gasteiger partial charge in [0.15, 0.2) is 0 Å². The standard InChI is InChI=1S/C10H11F3N2O3/c1-18-9-5-7(4-8(6-9)15(16)17)14-3-2-10(11,12)13/h4-6,14H,2-3H2,1H3. The predicted octanol–water partition coefficient (Wildman–Crippen LogP) is 2.97. The van der Waals surface area contributed by atoms with Crippen LogP contribution in [0.25, 0.3) is 0 Å². The number of methoxy groups -OCH3 is 1. The second-order valence-corrected chi connectivity index (χ2v) is 3.47. The number of alkyl halides is 3. The van der Waals surface area contributed by atoms with Crippen LogP contribution in [-0.4, -0.2) is 24.8 Å².